The van der Waals surface area contributed by atoms with Crippen molar-refractivity contribution in [1.82, 2.24) is 0 Å². The predicted molar refractivity (Wildman–Crippen MR) is 88.4 cm³/mol. The molecule has 0 aromatic heterocycles. The van der Waals surface area contributed by atoms with Gasteiger partial charge in [0.1, 0.15) is 11.6 Å². The van der Waals surface area contributed by atoms with Crippen LogP contribution in [0.2, 0.25) is 5.02 Å². The van der Waals surface area contributed by atoms with Crippen LogP contribution < -0.4 is 10.1 Å². The van der Waals surface area contributed by atoms with E-state index in [-0.39, 0.29) is 16.2 Å². The van der Waals surface area contributed by atoms with Gasteiger partial charge in [0, 0.05) is 10.6 Å². The van der Waals surface area contributed by atoms with Crippen LogP contribution in [0.4, 0.5) is 10.1 Å². The number of nitrogens with one attached hydrogen (secondary N) is 1. The summed E-state index contributed by atoms with van der Waals surface area (Å²) in [7, 11) is 1.60. The first-order chi connectivity index (χ1) is 10.5. The normalized spacial score (nSPS) is 11.8. The molecule has 0 saturated carbocycles. The molecule has 6 heteroatoms. The fourth-order valence-electron chi connectivity index (χ4n) is 1.73. The molecule has 0 aliphatic heterocycles. The topological polar surface area (TPSA) is 38.3 Å². The summed E-state index contributed by atoms with van der Waals surface area (Å²) in [5, 5.41) is 2.39. The van der Waals surface area contributed by atoms with Crippen LogP contribution in [-0.4, -0.2) is 18.3 Å². The van der Waals surface area contributed by atoms with Gasteiger partial charge in [0.15, 0.2) is 0 Å². The molecule has 0 aliphatic carbocycles. The van der Waals surface area contributed by atoms with Crippen molar-refractivity contribution >= 4 is 35.0 Å². The van der Waals surface area contributed by atoms with E-state index in [0.717, 1.165) is 10.6 Å². The molecule has 1 N–H and O–H groups in total. The highest BCUT2D eigenvalue weighted by molar-refractivity contribution is 8.00. The smallest absolute Gasteiger partial charge is 0.237 e. The van der Waals surface area contributed by atoms with Gasteiger partial charge in [0.25, 0.3) is 0 Å². The van der Waals surface area contributed by atoms with Crippen molar-refractivity contribution in [1.29, 1.82) is 0 Å². The third-order valence-corrected chi connectivity index (χ3v) is 4.33. The number of thioether (sulfide) groups is 1. The number of carbonyl (C=O) groups is 1. The van der Waals surface area contributed by atoms with E-state index in [4.69, 9.17) is 16.3 Å². The van der Waals surface area contributed by atoms with Crippen LogP contribution >= 0.6 is 23.4 Å². The van der Waals surface area contributed by atoms with Gasteiger partial charge in [-0.1, -0.05) is 11.6 Å². The van der Waals surface area contributed by atoms with Crippen molar-refractivity contribution in [2.24, 2.45) is 0 Å². The van der Waals surface area contributed by atoms with Crippen molar-refractivity contribution in [2.45, 2.75) is 17.1 Å². The molecule has 2 rings (SSSR count). The monoisotopic (exact) mass is 339 g/mol. The number of hydrogen-bond acceptors (Lipinski definition) is 3. The maximum absolute atomic E-state index is 13.1. The number of rotatable bonds is 5. The summed E-state index contributed by atoms with van der Waals surface area (Å²) in [5.74, 6) is 0.0752. The molecule has 2 aromatic rings. The van der Waals surface area contributed by atoms with Crippen molar-refractivity contribution in [2.75, 3.05) is 12.4 Å². The zero-order valence-electron chi connectivity index (χ0n) is 12.1. The summed E-state index contributed by atoms with van der Waals surface area (Å²) in [4.78, 5) is 13.1. The molecule has 0 fully saturated rings. The number of halogens is 2. The molecule has 2 aromatic carbocycles. The molecule has 0 spiro atoms. The Kier molecular flexibility index (Phi) is 5.69. The number of hydrogen-bond donors (Lipinski definition) is 1. The van der Waals surface area contributed by atoms with Gasteiger partial charge in [0.05, 0.1) is 17.4 Å². The molecule has 1 atom stereocenters. The Balaban J connectivity index is 1.97. The highest BCUT2D eigenvalue weighted by atomic mass is 35.5. The molecular weight excluding hydrogens is 325 g/mol. The second kappa shape index (κ2) is 7.51. The summed E-state index contributed by atoms with van der Waals surface area (Å²) in [6.07, 6.45) is 0. The molecule has 3 nitrogen and oxygen atoms in total. The first kappa shape index (κ1) is 16.6. The average molecular weight is 340 g/mol. The van der Waals surface area contributed by atoms with Gasteiger partial charge in [-0.15, -0.1) is 11.8 Å². The number of amides is 1. The number of carbonyl (C=O) groups excluding carboxylic acids is 1. The van der Waals surface area contributed by atoms with E-state index in [1.807, 2.05) is 24.3 Å². The van der Waals surface area contributed by atoms with Crippen LogP contribution in [0, 0.1) is 5.82 Å². The van der Waals surface area contributed by atoms with Crippen LogP contribution in [0.15, 0.2) is 47.4 Å². The van der Waals surface area contributed by atoms with E-state index in [1.54, 1.807) is 14.0 Å². The number of anilines is 1. The van der Waals surface area contributed by atoms with Crippen molar-refractivity contribution in [3.8, 4) is 5.75 Å². The lowest BCUT2D eigenvalue weighted by Crippen LogP contribution is -2.22. The van der Waals surface area contributed by atoms with Crippen LogP contribution in [0.3, 0.4) is 0 Å². The molecule has 0 radical (unpaired) electrons. The maximum atomic E-state index is 13.1. The fraction of sp³-hybridized carbons (Fsp3) is 0.188. The molecule has 0 saturated heterocycles. The first-order valence-electron chi connectivity index (χ1n) is 6.56. The minimum absolute atomic E-state index is 0.0201. The highest BCUT2D eigenvalue weighted by Crippen LogP contribution is 2.26. The largest absolute Gasteiger partial charge is 0.497 e. The lowest BCUT2D eigenvalue weighted by atomic mass is 10.3. The second-order valence-electron chi connectivity index (χ2n) is 4.55. The lowest BCUT2D eigenvalue weighted by molar-refractivity contribution is -0.115. The summed E-state index contributed by atoms with van der Waals surface area (Å²) < 4.78 is 18.2. The summed E-state index contributed by atoms with van der Waals surface area (Å²) in [6, 6.07) is 11.5. The fourth-order valence-corrected chi connectivity index (χ4v) is 2.78. The minimum atomic E-state index is -0.514. The third-order valence-electron chi connectivity index (χ3n) is 2.93. The number of methoxy groups -OCH3 is 1. The summed E-state index contributed by atoms with van der Waals surface area (Å²) in [6.45, 7) is 1.80. The molecule has 0 aliphatic rings. The second-order valence-corrected chi connectivity index (χ2v) is 6.38. The Labute approximate surface area is 137 Å². The van der Waals surface area contributed by atoms with E-state index in [0.29, 0.717) is 5.69 Å². The average Bonchev–Trinajstić information content (AvgIpc) is 2.51. The van der Waals surface area contributed by atoms with Crippen molar-refractivity contribution in [3.63, 3.8) is 0 Å². The van der Waals surface area contributed by atoms with Gasteiger partial charge in [-0.25, -0.2) is 4.39 Å². The molecular formula is C16H15ClFNO2S. The first-order valence-corrected chi connectivity index (χ1v) is 7.82. The quantitative estimate of drug-likeness (QED) is 0.808. The Bertz CT molecular complexity index is 664. The lowest BCUT2D eigenvalue weighted by Gasteiger charge is -2.12. The van der Waals surface area contributed by atoms with Gasteiger partial charge < -0.3 is 10.1 Å². The molecule has 0 heterocycles. The Hall–Kier alpha value is -1.72. The van der Waals surface area contributed by atoms with E-state index in [9.17, 15) is 9.18 Å². The Morgan fingerprint density at radius 1 is 1.27 bits per heavy atom. The van der Waals surface area contributed by atoms with E-state index in [1.165, 1.54) is 30.0 Å². The summed E-state index contributed by atoms with van der Waals surface area (Å²) >= 11 is 7.11. The SMILES string of the molecule is COc1ccc(S[C@@H](C)C(=O)Nc2ccc(F)c(Cl)c2)cc1. The van der Waals surface area contributed by atoms with Crippen LogP contribution in [0.1, 0.15) is 6.92 Å². The van der Waals surface area contributed by atoms with Gasteiger partial charge in [0.2, 0.25) is 5.91 Å². The van der Waals surface area contributed by atoms with E-state index >= 15 is 0 Å². The Morgan fingerprint density at radius 2 is 1.95 bits per heavy atom. The van der Waals surface area contributed by atoms with Gasteiger partial charge in [-0.2, -0.15) is 0 Å². The molecule has 0 unspecified atom stereocenters. The molecule has 22 heavy (non-hydrogen) atoms. The van der Waals surface area contributed by atoms with Gasteiger partial charge >= 0.3 is 0 Å². The maximum Gasteiger partial charge on any atom is 0.237 e. The highest BCUT2D eigenvalue weighted by Gasteiger charge is 2.15. The molecule has 0 bridgehead atoms. The Morgan fingerprint density at radius 3 is 2.55 bits per heavy atom. The van der Waals surface area contributed by atoms with Crippen LogP contribution in [0.25, 0.3) is 0 Å². The van der Waals surface area contributed by atoms with Crippen molar-refractivity contribution in [3.05, 3.63) is 53.3 Å². The van der Waals surface area contributed by atoms with Gasteiger partial charge in [-0.05, 0) is 49.4 Å². The number of benzene rings is 2. The van der Waals surface area contributed by atoms with E-state index < -0.39 is 5.82 Å². The summed E-state index contributed by atoms with van der Waals surface area (Å²) in [5.41, 5.74) is 0.471. The molecule has 116 valence electrons. The molecule has 1 amide bonds. The predicted octanol–water partition coefficient (Wildman–Crippen LogP) is 4.61. The minimum Gasteiger partial charge on any atom is -0.497 e. The number of ether oxygens (including phenoxy) is 1. The van der Waals surface area contributed by atoms with Gasteiger partial charge in [-0.3, -0.25) is 4.79 Å². The van der Waals surface area contributed by atoms with Crippen molar-refractivity contribution < 1.29 is 13.9 Å². The van der Waals surface area contributed by atoms with E-state index in [2.05, 4.69) is 5.32 Å². The zero-order chi connectivity index (χ0) is 16.1. The standard InChI is InChI=1S/C16H15ClFNO2S/c1-10(22-13-6-4-12(21-2)5-7-13)16(20)19-11-3-8-15(18)14(17)9-11/h3-10H,1-2H3,(H,19,20)/t10-/m0/s1. The zero-order valence-corrected chi connectivity index (χ0v) is 13.7. The van der Waals surface area contributed by atoms with Crippen LogP contribution in [0.5, 0.6) is 5.75 Å². The van der Waals surface area contributed by atoms with Crippen LogP contribution in [-0.2, 0) is 4.79 Å². The third kappa shape index (κ3) is 4.39.